The smallest absolute Gasteiger partial charge is 0.305 e. The highest BCUT2D eigenvalue weighted by atomic mass is 16.9. The number of esters is 1. The summed E-state index contributed by atoms with van der Waals surface area (Å²) in [6.07, 6.45) is 9.36. The van der Waals surface area contributed by atoms with Gasteiger partial charge < -0.3 is 28.4 Å². The van der Waals surface area contributed by atoms with Crippen molar-refractivity contribution in [3.8, 4) is 0 Å². The third-order valence-corrected chi connectivity index (χ3v) is 6.14. The fourth-order valence-corrected chi connectivity index (χ4v) is 4.65. The summed E-state index contributed by atoms with van der Waals surface area (Å²) in [7, 11) is 0. The van der Waals surface area contributed by atoms with Crippen molar-refractivity contribution >= 4 is 5.97 Å². The molecular formula is C24H42O7. The zero-order chi connectivity index (χ0) is 22.5. The van der Waals surface area contributed by atoms with Gasteiger partial charge in [0.05, 0.1) is 0 Å². The molecule has 0 aliphatic carbocycles. The normalized spacial score (nSPS) is 33.1. The molecule has 31 heavy (non-hydrogen) atoms. The Morgan fingerprint density at radius 3 is 1.97 bits per heavy atom. The molecule has 180 valence electrons. The summed E-state index contributed by atoms with van der Waals surface area (Å²) < 4.78 is 35.6. The minimum Gasteiger partial charge on any atom is -0.463 e. The van der Waals surface area contributed by atoms with E-state index in [-0.39, 0.29) is 30.9 Å². The Morgan fingerprint density at radius 2 is 1.29 bits per heavy atom. The van der Waals surface area contributed by atoms with Gasteiger partial charge in [0.25, 0.3) is 0 Å². The van der Waals surface area contributed by atoms with Gasteiger partial charge in [0.2, 0.25) is 0 Å². The lowest BCUT2D eigenvalue weighted by Crippen LogP contribution is -2.56. The molecule has 7 heteroatoms. The van der Waals surface area contributed by atoms with Crippen molar-refractivity contribution in [2.45, 2.75) is 141 Å². The van der Waals surface area contributed by atoms with Crippen LogP contribution in [0.2, 0.25) is 0 Å². The van der Waals surface area contributed by atoms with Crippen LogP contribution in [0.25, 0.3) is 0 Å². The molecule has 3 aliphatic rings. The van der Waals surface area contributed by atoms with E-state index < -0.39 is 24.0 Å². The highest BCUT2D eigenvalue weighted by Crippen LogP contribution is 2.44. The molecule has 0 radical (unpaired) electrons. The number of unbranched alkanes of at least 4 members (excludes halogenated alkanes) is 8. The van der Waals surface area contributed by atoms with Crippen LogP contribution in [0.5, 0.6) is 0 Å². The largest absolute Gasteiger partial charge is 0.463 e. The first-order valence-corrected chi connectivity index (χ1v) is 12.2. The molecule has 0 bridgehead atoms. The van der Waals surface area contributed by atoms with Crippen LogP contribution in [-0.2, 0) is 33.2 Å². The highest BCUT2D eigenvalue weighted by molar-refractivity contribution is 5.69. The SMILES string of the molecule is CCCCCCCCCCCC(=O)OCC1OC2OC(C)(C)OC2C2OC(C)(C)OC12. The monoisotopic (exact) mass is 442 g/mol. The predicted molar refractivity (Wildman–Crippen MR) is 115 cm³/mol. The lowest BCUT2D eigenvalue weighted by Gasteiger charge is -2.36. The fourth-order valence-electron chi connectivity index (χ4n) is 4.65. The van der Waals surface area contributed by atoms with Gasteiger partial charge in [0, 0.05) is 6.42 Å². The molecule has 7 nitrogen and oxygen atoms in total. The second kappa shape index (κ2) is 10.9. The molecule has 3 heterocycles. The zero-order valence-corrected chi connectivity index (χ0v) is 20.0. The third kappa shape index (κ3) is 7.13. The Balaban J connectivity index is 1.37. The first-order chi connectivity index (χ1) is 14.7. The minimum absolute atomic E-state index is 0.129. The second-order valence-electron chi connectivity index (χ2n) is 9.97. The molecule has 5 atom stereocenters. The Labute approximate surface area is 187 Å². The van der Waals surface area contributed by atoms with Gasteiger partial charge in [-0.05, 0) is 34.1 Å². The summed E-state index contributed by atoms with van der Waals surface area (Å²) in [6, 6.07) is 0. The Hall–Kier alpha value is -0.730. The van der Waals surface area contributed by atoms with Gasteiger partial charge in [-0.25, -0.2) is 0 Å². The quantitative estimate of drug-likeness (QED) is 0.316. The molecule has 0 aromatic heterocycles. The van der Waals surface area contributed by atoms with E-state index in [2.05, 4.69) is 6.92 Å². The standard InChI is InChI=1S/C24H42O7/c1-6-7-8-9-10-11-12-13-14-15-18(25)26-16-17-19-20(29-23(2,3)28-19)21-22(27-17)31-24(4,5)30-21/h17,19-22H,6-16H2,1-5H3. The molecule has 3 aliphatic heterocycles. The molecule has 0 aromatic rings. The third-order valence-electron chi connectivity index (χ3n) is 6.14. The van der Waals surface area contributed by atoms with Crippen LogP contribution in [0.15, 0.2) is 0 Å². The van der Waals surface area contributed by atoms with Crippen molar-refractivity contribution in [3.63, 3.8) is 0 Å². The first-order valence-electron chi connectivity index (χ1n) is 12.2. The predicted octanol–water partition coefficient (Wildman–Crippen LogP) is 4.85. The van der Waals surface area contributed by atoms with Crippen molar-refractivity contribution in [1.82, 2.24) is 0 Å². The van der Waals surface area contributed by atoms with E-state index in [0.29, 0.717) is 6.42 Å². The molecule has 0 N–H and O–H groups in total. The first kappa shape index (κ1) is 24.9. The number of hydrogen-bond donors (Lipinski definition) is 0. The maximum Gasteiger partial charge on any atom is 0.305 e. The summed E-state index contributed by atoms with van der Waals surface area (Å²) in [5.74, 6) is -1.69. The van der Waals surface area contributed by atoms with Crippen LogP contribution >= 0.6 is 0 Å². The van der Waals surface area contributed by atoms with Gasteiger partial charge >= 0.3 is 5.97 Å². The Kier molecular flexibility index (Phi) is 8.78. The Morgan fingerprint density at radius 1 is 0.742 bits per heavy atom. The number of carbonyl (C=O) groups is 1. The van der Waals surface area contributed by atoms with E-state index in [4.69, 9.17) is 28.4 Å². The number of ether oxygens (including phenoxy) is 6. The summed E-state index contributed by atoms with van der Waals surface area (Å²) in [4.78, 5) is 12.2. The second-order valence-corrected chi connectivity index (χ2v) is 9.97. The molecule has 5 unspecified atom stereocenters. The highest BCUT2D eigenvalue weighted by Gasteiger charge is 2.60. The maximum atomic E-state index is 12.2. The van der Waals surface area contributed by atoms with Crippen LogP contribution in [0.4, 0.5) is 0 Å². The topological polar surface area (TPSA) is 72.5 Å². The van der Waals surface area contributed by atoms with Gasteiger partial charge in [-0.15, -0.1) is 0 Å². The van der Waals surface area contributed by atoms with Gasteiger partial charge in [-0.3, -0.25) is 4.79 Å². The summed E-state index contributed by atoms with van der Waals surface area (Å²) in [5.41, 5.74) is 0. The van der Waals surface area contributed by atoms with Crippen molar-refractivity contribution < 1.29 is 33.2 Å². The average molecular weight is 443 g/mol. The fraction of sp³-hybridized carbons (Fsp3) is 0.958. The van der Waals surface area contributed by atoms with Crippen molar-refractivity contribution in [2.75, 3.05) is 6.61 Å². The van der Waals surface area contributed by atoms with Gasteiger partial charge in [0.1, 0.15) is 31.0 Å². The molecule has 0 saturated carbocycles. The van der Waals surface area contributed by atoms with E-state index in [9.17, 15) is 4.79 Å². The van der Waals surface area contributed by atoms with E-state index in [0.717, 1.165) is 12.8 Å². The maximum absolute atomic E-state index is 12.2. The molecule has 0 spiro atoms. The van der Waals surface area contributed by atoms with Crippen LogP contribution in [0, 0.1) is 0 Å². The number of rotatable bonds is 12. The minimum atomic E-state index is -0.752. The molecule has 3 rings (SSSR count). The molecule has 0 aromatic carbocycles. The van der Waals surface area contributed by atoms with Crippen molar-refractivity contribution in [1.29, 1.82) is 0 Å². The van der Waals surface area contributed by atoms with E-state index in [1.807, 2.05) is 27.7 Å². The Bertz CT molecular complexity index is 576. The number of fused-ring (bicyclic) bond motifs is 3. The van der Waals surface area contributed by atoms with Crippen molar-refractivity contribution in [2.24, 2.45) is 0 Å². The van der Waals surface area contributed by atoms with Crippen LogP contribution in [0.3, 0.4) is 0 Å². The van der Waals surface area contributed by atoms with E-state index >= 15 is 0 Å². The molecule has 3 saturated heterocycles. The number of carbonyl (C=O) groups excluding carboxylic acids is 1. The van der Waals surface area contributed by atoms with Gasteiger partial charge in [-0.2, -0.15) is 0 Å². The lowest BCUT2D eigenvalue weighted by atomic mass is 9.99. The van der Waals surface area contributed by atoms with E-state index in [1.165, 1.54) is 44.9 Å². The van der Waals surface area contributed by atoms with Crippen LogP contribution < -0.4 is 0 Å². The van der Waals surface area contributed by atoms with Crippen molar-refractivity contribution in [3.05, 3.63) is 0 Å². The van der Waals surface area contributed by atoms with Gasteiger partial charge in [0.15, 0.2) is 17.9 Å². The van der Waals surface area contributed by atoms with Crippen LogP contribution in [-0.4, -0.2) is 54.9 Å². The summed E-state index contributed by atoms with van der Waals surface area (Å²) in [5, 5.41) is 0. The number of hydrogen-bond acceptors (Lipinski definition) is 7. The van der Waals surface area contributed by atoms with Crippen LogP contribution in [0.1, 0.15) is 98.8 Å². The molecule has 3 fully saturated rings. The molecular weight excluding hydrogens is 400 g/mol. The van der Waals surface area contributed by atoms with Gasteiger partial charge in [-0.1, -0.05) is 58.3 Å². The average Bonchev–Trinajstić information content (AvgIpc) is 3.18. The summed E-state index contributed by atoms with van der Waals surface area (Å²) >= 11 is 0. The van der Waals surface area contributed by atoms with E-state index in [1.54, 1.807) is 0 Å². The zero-order valence-electron chi connectivity index (χ0n) is 20.0. The lowest BCUT2D eigenvalue weighted by molar-refractivity contribution is -0.242. The summed E-state index contributed by atoms with van der Waals surface area (Å²) in [6.45, 7) is 9.81. The molecule has 0 amide bonds.